The number of unbranched alkanes of at least 4 members (excludes halogenated alkanes) is 3. The van der Waals surface area contributed by atoms with Gasteiger partial charge in [0.2, 0.25) is 11.8 Å². The smallest absolute Gasteiger partial charge is 0.408 e. The minimum absolute atomic E-state index is 0.138. The summed E-state index contributed by atoms with van der Waals surface area (Å²) in [4.78, 5) is 55.2. The summed E-state index contributed by atoms with van der Waals surface area (Å²) < 4.78 is 11.0. The van der Waals surface area contributed by atoms with Crippen molar-refractivity contribution in [3.05, 3.63) is 65.2 Å². The molecule has 0 aliphatic heterocycles. The van der Waals surface area contributed by atoms with Crippen molar-refractivity contribution in [2.24, 2.45) is 0 Å². The number of para-hydroxylation sites is 1. The quantitative estimate of drug-likeness (QED) is 0.180. The minimum Gasteiger partial charge on any atom is -0.507 e. The van der Waals surface area contributed by atoms with Crippen molar-refractivity contribution in [1.82, 2.24) is 15.5 Å². The highest BCUT2D eigenvalue weighted by molar-refractivity contribution is 5.93. The number of hydrogen-bond donors (Lipinski definition) is 3. The molecule has 45 heavy (non-hydrogen) atoms. The lowest BCUT2D eigenvalue weighted by atomic mass is 9.98. The fourth-order valence-corrected chi connectivity index (χ4v) is 4.69. The number of hydrogen-bond acceptors (Lipinski definition) is 7. The average molecular weight is 626 g/mol. The number of phenolic OH excluding ortho intramolecular Hbond substituents is 1. The Labute approximate surface area is 267 Å². The van der Waals surface area contributed by atoms with Crippen LogP contribution >= 0.6 is 0 Å². The third-order valence-electron chi connectivity index (χ3n) is 6.77. The van der Waals surface area contributed by atoms with E-state index in [2.05, 4.69) is 17.6 Å². The van der Waals surface area contributed by atoms with Gasteiger partial charge >= 0.3 is 12.1 Å². The van der Waals surface area contributed by atoms with E-state index in [9.17, 15) is 24.3 Å². The van der Waals surface area contributed by atoms with Gasteiger partial charge in [-0.15, -0.1) is 0 Å². The van der Waals surface area contributed by atoms with Gasteiger partial charge in [-0.25, -0.2) is 9.59 Å². The maximum atomic E-state index is 14.3. The second kappa shape index (κ2) is 16.8. The molecule has 248 valence electrons. The molecule has 2 aromatic carbocycles. The van der Waals surface area contributed by atoms with Gasteiger partial charge in [0.1, 0.15) is 35.6 Å². The molecular formula is C35H51N3O7. The van der Waals surface area contributed by atoms with E-state index in [1.54, 1.807) is 66.7 Å². The van der Waals surface area contributed by atoms with E-state index in [1.807, 2.05) is 30.3 Å². The van der Waals surface area contributed by atoms with E-state index < -0.39 is 53.7 Å². The van der Waals surface area contributed by atoms with Gasteiger partial charge in [0.15, 0.2) is 0 Å². The van der Waals surface area contributed by atoms with Crippen molar-refractivity contribution in [2.45, 2.75) is 111 Å². The molecule has 0 fully saturated rings. The number of nitrogens with one attached hydrogen (secondary N) is 2. The number of carbonyl (C=O) groups excluding carboxylic acids is 4. The zero-order valence-corrected chi connectivity index (χ0v) is 28.1. The fourth-order valence-electron chi connectivity index (χ4n) is 4.69. The summed E-state index contributed by atoms with van der Waals surface area (Å²) >= 11 is 0. The number of nitrogens with zero attached hydrogens (tertiary/aromatic N) is 1. The average Bonchev–Trinajstić information content (AvgIpc) is 2.93. The number of amides is 3. The molecule has 0 spiro atoms. The molecule has 3 N–H and O–H groups in total. The second-order valence-electron chi connectivity index (χ2n) is 13.2. The summed E-state index contributed by atoms with van der Waals surface area (Å²) in [5, 5.41) is 16.5. The summed E-state index contributed by atoms with van der Waals surface area (Å²) in [5.74, 6) is -1.97. The number of benzene rings is 2. The summed E-state index contributed by atoms with van der Waals surface area (Å²) in [6, 6.07) is 11.8. The summed E-state index contributed by atoms with van der Waals surface area (Å²) in [5.41, 5.74) is -0.0462. The molecule has 10 heteroatoms. The van der Waals surface area contributed by atoms with Gasteiger partial charge in [-0.1, -0.05) is 74.7 Å². The minimum atomic E-state index is -1.31. The van der Waals surface area contributed by atoms with Gasteiger partial charge in [0.25, 0.3) is 0 Å². The van der Waals surface area contributed by atoms with Crippen LogP contribution in [-0.2, 0) is 30.3 Å². The molecule has 0 saturated carbocycles. The number of carbonyl (C=O) groups is 4. The van der Waals surface area contributed by atoms with Crippen LogP contribution in [-0.4, -0.2) is 64.2 Å². The monoisotopic (exact) mass is 625 g/mol. The summed E-state index contributed by atoms with van der Waals surface area (Å²) in [6.07, 6.45) is 2.67. The zero-order valence-electron chi connectivity index (χ0n) is 28.1. The SMILES string of the molecule is CCCCCCN(C(=O)CNC(=O)OC(C)(C)C)C(C(=O)NC(Cc1ccccc1)C(=O)OC(C)(C)C)c1cccc(C)c1O. The van der Waals surface area contributed by atoms with E-state index in [0.29, 0.717) is 12.0 Å². The Morgan fingerprint density at radius 1 is 0.867 bits per heavy atom. The topological polar surface area (TPSA) is 134 Å². The van der Waals surface area contributed by atoms with Crippen molar-refractivity contribution in [3.63, 3.8) is 0 Å². The first-order valence-electron chi connectivity index (χ1n) is 15.6. The van der Waals surface area contributed by atoms with Crippen LogP contribution in [0.25, 0.3) is 0 Å². The number of esters is 1. The van der Waals surface area contributed by atoms with Gasteiger partial charge in [-0.05, 0) is 66.0 Å². The Hall–Kier alpha value is -4.08. The maximum Gasteiger partial charge on any atom is 0.408 e. The standard InChI is InChI=1S/C35H51N3O7/c1-9-10-11-15-21-38(28(39)23-36-33(43)45-35(6,7)8)29(26-20-16-17-24(2)30(26)40)31(41)37-27(32(42)44-34(3,4)5)22-25-18-13-12-14-19-25/h12-14,16-20,27,29,40H,9-11,15,21-23H2,1-8H3,(H,36,43)(H,37,41). The molecule has 0 aliphatic carbocycles. The summed E-state index contributed by atoms with van der Waals surface area (Å²) in [7, 11) is 0. The van der Waals surface area contributed by atoms with Crippen molar-refractivity contribution in [3.8, 4) is 5.75 Å². The molecule has 0 saturated heterocycles. The van der Waals surface area contributed by atoms with Crippen LogP contribution in [0.5, 0.6) is 5.75 Å². The largest absolute Gasteiger partial charge is 0.507 e. The van der Waals surface area contributed by atoms with Gasteiger partial charge < -0.3 is 30.1 Å². The predicted molar refractivity (Wildman–Crippen MR) is 174 cm³/mol. The van der Waals surface area contributed by atoms with Crippen molar-refractivity contribution in [2.75, 3.05) is 13.1 Å². The highest BCUT2D eigenvalue weighted by atomic mass is 16.6. The molecule has 0 radical (unpaired) electrons. The van der Waals surface area contributed by atoms with Crippen LogP contribution in [0.4, 0.5) is 4.79 Å². The lowest BCUT2D eigenvalue weighted by Gasteiger charge is -2.33. The first-order valence-corrected chi connectivity index (χ1v) is 15.6. The van der Waals surface area contributed by atoms with E-state index >= 15 is 0 Å². The van der Waals surface area contributed by atoms with Crippen LogP contribution in [0, 0.1) is 6.92 Å². The van der Waals surface area contributed by atoms with Gasteiger partial charge in [-0.3, -0.25) is 9.59 Å². The number of phenols is 1. The third-order valence-corrected chi connectivity index (χ3v) is 6.77. The second-order valence-corrected chi connectivity index (χ2v) is 13.2. The molecule has 2 unspecified atom stereocenters. The molecule has 2 atom stereocenters. The molecule has 0 aliphatic rings. The van der Waals surface area contributed by atoms with Gasteiger partial charge in [-0.2, -0.15) is 0 Å². The third kappa shape index (κ3) is 12.8. The maximum absolute atomic E-state index is 14.3. The lowest BCUT2D eigenvalue weighted by molar-refractivity contribution is -0.159. The normalized spacial score (nSPS) is 12.9. The van der Waals surface area contributed by atoms with Gasteiger partial charge in [0.05, 0.1) is 0 Å². The molecule has 0 bridgehead atoms. The molecule has 2 rings (SSSR count). The highest BCUT2D eigenvalue weighted by Crippen LogP contribution is 2.32. The van der Waals surface area contributed by atoms with Crippen molar-refractivity contribution < 1.29 is 33.8 Å². The van der Waals surface area contributed by atoms with E-state index in [4.69, 9.17) is 9.47 Å². The molecule has 3 amide bonds. The first-order chi connectivity index (χ1) is 21.0. The number of ether oxygens (including phenoxy) is 2. The Morgan fingerprint density at radius 2 is 1.51 bits per heavy atom. The van der Waals surface area contributed by atoms with Crippen molar-refractivity contribution >= 4 is 23.9 Å². The summed E-state index contributed by atoms with van der Waals surface area (Å²) in [6.45, 7) is 13.9. The predicted octanol–water partition coefficient (Wildman–Crippen LogP) is 5.74. The number of rotatable bonds is 14. The van der Waals surface area contributed by atoms with E-state index in [1.165, 1.54) is 4.90 Å². The molecule has 0 heterocycles. The van der Waals surface area contributed by atoms with Crippen molar-refractivity contribution in [1.29, 1.82) is 0 Å². The molecule has 2 aromatic rings. The Bertz CT molecular complexity index is 1280. The highest BCUT2D eigenvalue weighted by Gasteiger charge is 2.37. The number of alkyl carbamates (subject to hydrolysis) is 1. The van der Waals surface area contributed by atoms with Gasteiger partial charge in [0, 0.05) is 18.5 Å². The molecule has 10 nitrogen and oxygen atoms in total. The van der Waals surface area contributed by atoms with E-state index in [0.717, 1.165) is 24.8 Å². The van der Waals surface area contributed by atoms with Crippen LogP contribution < -0.4 is 10.6 Å². The van der Waals surface area contributed by atoms with Crippen LogP contribution in [0.2, 0.25) is 0 Å². The fraction of sp³-hybridized carbons (Fsp3) is 0.543. The first kappa shape index (κ1) is 37.1. The number of aryl methyl sites for hydroxylation is 1. The Morgan fingerprint density at radius 3 is 2.11 bits per heavy atom. The van der Waals surface area contributed by atoms with E-state index in [-0.39, 0.29) is 24.3 Å². The number of aromatic hydroxyl groups is 1. The molecule has 0 aromatic heterocycles. The van der Waals surface area contributed by atoms with Crippen LogP contribution in [0.15, 0.2) is 48.5 Å². The Kier molecular flexibility index (Phi) is 13.9. The Balaban J connectivity index is 2.53. The lowest BCUT2D eigenvalue weighted by Crippen LogP contribution is -2.52. The zero-order chi connectivity index (χ0) is 33.8. The van der Waals surface area contributed by atoms with Crippen LogP contribution in [0.1, 0.15) is 96.9 Å². The van der Waals surface area contributed by atoms with Crippen LogP contribution in [0.3, 0.4) is 0 Å². The molecular weight excluding hydrogens is 574 g/mol.